The van der Waals surface area contributed by atoms with E-state index in [1.54, 1.807) is 0 Å². The van der Waals surface area contributed by atoms with E-state index in [1.807, 2.05) is 0 Å². The van der Waals surface area contributed by atoms with Gasteiger partial charge in [0.05, 0.1) is 0 Å². The van der Waals surface area contributed by atoms with E-state index in [2.05, 4.69) is 51.7 Å². The van der Waals surface area contributed by atoms with Crippen molar-refractivity contribution in [3.05, 3.63) is 47.6 Å². The second kappa shape index (κ2) is 4.27. The van der Waals surface area contributed by atoms with E-state index in [0.717, 1.165) is 6.42 Å². The number of rotatable bonds is 2. The Kier molecular flexibility index (Phi) is 3.30. The maximum atomic E-state index is 4.04. The molecule has 0 heteroatoms. The molecule has 0 aliphatic heterocycles. The largest absolute Gasteiger partial charge is 0.0952 e. The van der Waals surface area contributed by atoms with E-state index in [4.69, 9.17) is 0 Å². The van der Waals surface area contributed by atoms with E-state index >= 15 is 0 Å². The van der Waals surface area contributed by atoms with Gasteiger partial charge in [-0.05, 0) is 36.0 Å². The van der Waals surface area contributed by atoms with Gasteiger partial charge in [-0.1, -0.05) is 44.7 Å². The minimum absolute atomic E-state index is 0.554. The van der Waals surface area contributed by atoms with Gasteiger partial charge in [0.25, 0.3) is 0 Å². The first kappa shape index (κ1) is 10.0. The normalized spacial score (nSPS) is 24.7. The number of hydrogen-bond acceptors (Lipinski definition) is 0. The van der Waals surface area contributed by atoms with Crippen molar-refractivity contribution in [3.63, 3.8) is 0 Å². The second-order valence-electron chi connectivity index (χ2n) is 3.49. The summed E-state index contributed by atoms with van der Waals surface area (Å²) in [6.07, 6.45) is 9.88. The Hall–Kier alpha value is -1.04. The van der Waals surface area contributed by atoms with Crippen molar-refractivity contribution in [2.24, 2.45) is 5.92 Å². The molecular weight excluding hydrogens is 156 g/mol. The molecule has 1 rings (SSSR count). The monoisotopic (exact) mass is 174 g/mol. The maximum absolute atomic E-state index is 4.04. The van der Waals surface area contributed by atoms with Gasteiger partial charge >= 0.3 is 0 Å². The lowest BCUT2D eigenvalue weighted by Gasteiger charge is -2.16. The SMILES string of the molecule is C=C(CC)C1=C/C(=C/C)C(C)C=C1. The first-order valence-corrected chi connectivity index (χ1v) is 4.93. The predicted molar refractivity (Wildman–Crippen MR) is 59.6 cm³/mol. The summed E-state index contributed by atoms with van der Waals surface area (Å²) in [6, 6.07) is 0. The van der Waals surface area contributed by atoms with Crippen molar-refractivity contribution in [3.8, 4) is 0 Å². The van der Waals surface area contributed by atoms with Crippen LogP contribution in [-0.4, -0.2) is 0 Å². The van der Waals surface area contributed by atoms with Crippen LogP contribution < -0.4 is 0 Å². The molecule has 0 heterocycles. The Bertz CT molecular complexity index is 287. The highest BCUT2D eigenvalue weighted by atomic mass is 14.1. The topological polar surface area (TPSA) is 0 Å². The number of hydrogen-bond donors (Lipinski definition) is 0. The Morgan fingerprint density at radius 2 is 2.31 bits per heavy atom. The van der Waals surface area contributed by atoms with Crippen molar-refractivity contribution >= 4 is 0 Å². The lowest BCUT2D eigenvalue weighted by Crippen LogP contribution is -2.00. The summed E-state index contributed by atoms with van der Waals surface area (Å²) in [5.74, 6) is 0.554. The molecular formula is C13H18. The zero-order chi connectivity index (χ0) is 9.84. The highest BCUT2D eigenvalue weighted by Gasteiger charge is 2.09. The highest BCUT2D eigenvalue weighted by Crippen LogP contribution is 2.25. The van der Waals surface area contributed by atoms with Crippen molar-refractivity contribution in [2.45, 2.75) is 27.2 Å². The van der Waals surface area contributed by atoms with Gasteiger partial charge in [0.15, 0.2) is 0 Å². The van der Waals surface area contributed by atoms with E-state index in [1.165, 1.54) is 16.7 Å². The molecule has 0 fully saturated rings. The zero-order valence-corrected chi connectivity index (χ0v) is 8.80. The fourth-order valence-corrected chi connectivity index (χ4v) is 1.49. The third kappa shape index (κ3) is 2.21. The fraction of sp³-hybridized carbons (Fsp3) is 0.385. The molecule has 0 spiro atoms. The summed E-state index contributed by atoms with van der Waals surface area (Å²) < 4.78 is 0. The summed E-state index contributed by atoms with van der Waals surface area (Å²) in [4.78, 5) is 0. The molecule has 1 aliphatic carbocycles. The highest BCUT2D eigenvalue weighted by molar-refractivity contribution is 5.47. The molecule has 0 radical (unpaired) electrons. The molecule has 0 saturated heterocycles. The van der Waals surface area contributed by atoms with Crippen LogP contribution in [0.25, 0.3) is 0 Å². The molecule has 0 aromatic heterocycles. The summed E-state index contributed by atoms with van der Waals surface area (Å²) in [5.41, 5.74) is 3.91. The van der Waals surface area contributed by atoms with Gasteiger partial charge in [-0.15, -0.1) is 0 Å². The molecule has 70 valence electrons. The van der Waals surface area contributed by atoms with Crippen LogP contribution in [0.4, 0.5) is 0 Å². The summed E-state index contributed by atoms with van der Waals surface area (Å²) in [5, 5.41) is 0. The number of allylic oxidation sites excluding steroid dienone is 7. The lowest BCUT2D eigenvalue weighted by atomic mass is 9.89. The first-order chi connectivity index (χ1) is 6.19. The third-order valence-electron chi connectivity index (χ3n) is 2.58. The lowest BCUT2D eigenvalue weighted by molar-refractivity contribution is 0.873. The molecule has 0 saturated carbocycles. The molecule has 0 nitrogen and oxygen atoms in total. The standard InChI is InChI=1S/C13H18/c1-5-10(3)13-8-7-11(4)12(6-2)9-13/h6-9,11H,3,5H2,1-2,4H3/b12-6-. The van der Waals surface area contributed by atoms with Crippen LogP contribution in [0.5, 0.6) is 0 Å². The van der Waals surface area contributed by atoms with Gasteiger partial charge in [-0.2, -0.15) is 0 Å². The minimum Gasteiger partial charge on any atom is -0.0952 e. The zero-order valence-electron chi connectivity index (χ0n) is 8.80. The van der Waals surface area contributed by atoms with Gasteiger partial charge in [0, 0.05) is 0 Å². The molecule has 0 N–H and O–H groups in total. The van der Waals surface area contributed by atoms with Crippen molar-refractivity contribution < 1.29 is 0 Å². The molecule has 1 unspecified atom stereocenters. The van der Waals surface area contributed by atoms with Gasteiger partial charge in [-0.3, -0.25) is 0 Å². The molecule has 13 heavy (non-hydrogen) atoms. The van der Waals surface area contributed by atoms with Crippen LogP contribution in [0.1, 0.15) is 27.2 Å². The summed E-state index contributed by atoms with van der Waals surface area (Å²) in [6.45, 7) is 10.5. The Morgan fingerprint density at radius 1 is 1.62 bits per heavy atom. The van der Waals surface area contributed by atoms with Gasteiger partial charge in [-0.25, -0.2) is 0 Å². The van der Waals surface area contributed by atoms with E-state index in [-0.39, 0.29) is 0 Å². The smallest absolute Gasteiger partial charge is 0.00102 e. The average molecular weight is 174 g/mol. The second-order valence-corrected chi connectivity index (χ2v) is 3.49. The fourth-order valence-electron chi connectivity index (χ4n) is 1.49. The van der Waals surface area contributed by atoms with E-state index in [9.17, 15) is 0 Å². The van der Waals surface area contributed by atoms with Gasteiger partial charge < -0.3 is 0 Å². The van der Waals surface area contributed by atoms with Crippen LogP contribution in [-0.2, 0) is 0 Å². The quantitative estimate of drug-likeness (QED) is 0.593. The Balaban J connectivity index is 2.91. The van der Waals surface area contributed by atoms with E-state index in [0.29, 0.717) is 5.92 Å². The van der Waals surface area contributed by atoms with Gasteiger partial charge in [0.1, 0.15) is 0 Å². The van der Waals surface area contributed by atoms with Crippen LogP contribution >= 0.6 is 0 Å². The molecule has 0 aromatic rings. The molecule has 0 bridgehead atoms. The Morgan fingerprint density at radius 3 is 2.85 bits per heavy atom. The van der Waals surface area contributed by atoms with Crippen LogP contribution in [0.3, 0.4) is 0 Å². The predicted octanol–water partition coefficient (Wildman–Crippen LogP) is 4.03. The van der Waals surface area contributed by atoms with E-state index < -0.39 is 0 Å². The summed E-state index contributed by atoms with van der Waals surface area (Å²) >= 11 is 0. The average Bonchev–Trinajstić information content (AvgIpc) is 2.17. The molecule has 0 aromatic carbocycles. The van der Waals surface area contributed by atoms with Crippen molar-refractivity contribution in [1.29, 1.82) is 0 Å². The Labute approximate surface area is 81.4 Å². The van der Waals surface area contributed by atoms with Crippen LogP contribution in [0.2, 0.25) is 0 Å². The molecule has 1 atom stereocenters. The van der Waals surface area contributed by atoms with Crippen molar-refractivity contribution in [2.75, 3.05) is 0 Å². The summed E-state index contributed by atoms with van der Waals surface area (Å²) in [7, 11) is 0. The first-order valence-electron chi connectivity index (χ1n) is 4.93. The maximum Gasteiger partial charge on any atom is -0.00102 e. The third-order valence-corrected chi connectivity index (χ3v) is 2.58. The molecule has 1 aliphatic rings. The molecule has 0 amide bonds. The van der Waals surface area contributed by atoms with Crippen LogP contribution in [0, 0.1) is 5.92 Å². The van der Waals surface area contributed by atoms with Crippen molar-refractivity contribution in [1.82, 2.24) is 0 Å². The minimum atomic E-state index is 0.554. The van der Waals surface area contributed by atoms with Gasteiger partial charge in [0.2, 0.25) is 0 Å². The van der Waals surface area contributed by atoms with Crippen LogP contribution in [0.15, 0.2) is 47.6 Å².